The van der Waals surface area contributed by atoms with Gasteiger partial charge in [-0.1, -0.05) is 18.5 Å². The van der Waals surface area contributed by atoms with E-state index in [2.05, 4.69) is 0 Å². The molecule has 0 heterocycles. The van der Waals surface area contributed by atoms with Crippen molar-refractivity contribution in [3.63, 3.8) is 0 Å². The summed E-state index contributed by atoms with van der Waals surface area (Å²) >= 11 is 0. The molecule has 2 unspecified atom stereocenters. The highest BCUT2D eigenvalue weighted by molar-refractivity contribution is 5.11. The Morgan fingerprint density at radius 1 is 2.22 bits per heavy atom. The van der Waals surface area contributed by atoms with Crippen molar-refractivity contribution < 1.29 is 12.4 Å². The predicted molar refractivity (Wildman–Crippen MR) is 40.1 cm³/mol. The Balaban J connectivity index is 3.74. The molecular weight excluding hydrogens is 110 g/mol. The molecule has 0 fully saturated rings. The summed E-state index contributed by atoms with van der Waals surface area (Å²) in [6.45, 7) is 2.16. The van der Waals surface area contributed by atoms with Gasteiger partial charge in [0.1, 0.15) is 2.82 Å². The van der Waals surface area contributed by atoms with Crippen LogP contribution in [0.5, 0.6) is 0 Å². The van der Waals surface area contributed by atoms with Crippen molar-refractivity contribution in [3.05, 3.63) is 11.6 Å². The van der Waals surface area contributed by atoms with Crippen LogP contribution in [0.15, 0.2) is 11.6 Å². The van der Waals surface area contributed by atoms with Crippen LogP contribution in [-0.2, 0) is 0 Å². The fraction of sp³-hybridized carbons (Fsp3) is 0.750. The second-order valence-electron chi connectivity index (χ2n) is 1.97. The molecule has 1 rings (SSSR count). The summed E-state index contributed by atoms with van der Waals surface area (Å²) in [7, 11) is 0. The van der Waals surface area contributed by atoms with E-state index < -0.39 is 30.7 Å². The van der Waals surface area contributed by atoms with Crippen molar-refractivity contribution in [1.82, 2.24) is 0 Å². The van der Waals surface area contributed by atoms with E-state index >= 15 is 0 Å². The van der Waals surface area contributed by atoms with Gasteiger partial charge in [-0.15, -0.1) is 0 Å². The zero-order chi connectivity index (χ0) is 14.7. The first-order chi connectivity index (χ1) is 7.76. The van der Waals surface area contributed by atoms with Gasteiger partial charge in [0, 0.05) is 12.9 Å². The second-order valence-corrected chi connectivity index (χ2v) is 1.97. The monoisotopic (exact) mass is 134 g/mol. The third kappa shape index (κ3) is 1.33. The van der Waals surface area contributed by atoms with Gasteiger partial charge in [-0.05, 0) is 25.6 Å². The van der Waals surface area contributed by atoms with Gasteiger partial charge in [0.15, 0.2) is 0 Å². The zero-order valence-electron chi connectivity index (χ0n) is 14.4. The van der Waals surface area contributed by atoms with Crippen LogP contribution in [0.2, 0.25) is 2.82 Å². The molecule has 0 aliphatic heterocycles. The molecule has 0 radical (unpaired) electrons. The highest BCUT2D eigenvalue weighted by Gasteiger charge is 2.16. The molecule has 2 atom stereocenters. The molecule has 0 saturated carbocycles. The van der Waals surface area contributed by atoms with E-state index in [1.165, 1.54) is 6.92 Å². The molecule has 0 amide bonds. The van der Waals surface area contributed by atoms with E-state index in [1.807, 2.05) is 0 Å². The van der Waals surface area contributed by atoms with Gasteiger partial charge < -0.3 is 5.72 Å². The minimum Gasteiger partial charge on any atom is -0.324 e. The third-order valence-electron chi connectivity index (χ3n) is 1.21. The number of hydrogen-bond donors (Lipinski definition) is 1. The lowest BCUT2D eigenvalue weighted by Crippen LogP contribution is -2.31. The Labute approximate surface area is 69.7 Å². The SMILES string of the molecule is [2H]C1=C(C)C([2H])(N([2H])[2H])C([2H])(C)C([2H])([2H])C1([2H])[2H]. The molecule has 1 nitrogen and oxygen atoms in total. The summed E-state index contributed by atoms with van der Waals surface area (Å²) in [5, 5.41) is 0. The van der Waals surface area contributed by atoms with Gasteiger partial charge in [0.2, 0.25) is 0 Å². The average molecular weight is 134 g/mol. The van der Waals surface area contributed by atoms with E-state index in [4.69, 9.17) is 12.4 Å². The normalized spacial score (nSPS) is 79.7. The molecule has 1 heteroatoms. The van der Waals surface area contributed by atoms with Crippen LogP contribution in [-0.4, -0.2) is 6.02 Å². The summed E-state index contributed by atoms with van der Waals surface area (Å²) in [4.78, 5) is 0. The Hall–Kier alpha value is -0.300. The number of hydrogen-bond acceptors (Lipinski definition) is 1. The predicted octanol–water partition coefficient (Wildman–Crippen LogP) is 1.69. The van der Waals surface area contributed by atoms with Gasteiger partial charge in [0.25, 0.3) is 0 Å². The lowest BCUT2D eigenvalue weighted by Gasteiger charge is -2.24. The van der Waals surface area contributed by atoms with Crippen molar-refractivity contribution in [2.24, 2.45) is 11.6 Å². The molecular formula is C8H15N. The first kappa shape index (κ1) is 1.65. The van der Waals surface area contributed by atoms with Crippen LogP contribution < -0.4 is 5.72 Å². The summed E-state index contributed by atoms with van der Waals surface area (Å²) in [5.74, 6) is -2.42. The standard InChI is InChI=1S/C8H15N/c1-6-4-3-5-7(2)8(6)9/h4,7-8H,3,5,9H2,1-2H3/i3D2,4D,5D2,7D,8D/hD2. The largest absolute Gasteiger partial charge is 0.324 e. The van der Waals surface area contributed by atoms with E-state index in [9.17, 15) is 0 Å². The highest BCUT2D eigenvalue weighted by Crippen LogP contribution is 2.21. The summed E-state index contributed by atoms with van der Waals surface area (Å²) < 4.78 is 68.9. The molecule has 1 aliphatic carbocycles. The quantitative estimate of drug-likeness (QED) is 0.543. The molecule has 0 aromatic heterocycles. The average Bonchev–Trinajstić information content (AvgIpc) is 2.23. The van der Waals surface area contributed by atoms with Crippen molar-refractivity contribution in [1.29, 1.82) is 0 Å². The van der Waals surface area contributed by atoms with E-state index in [0.29, 0.717) is 0 Å². The number of allylic oxidation sites excluding steroid dienone is 1. The number of nitrogens with two attached hydrogens (primary N) is 1. The minimum absolute atomic E-state index is 0.142. The Morgan fingerprint density at radius 3 is 3.67 bits per heavy atom. The topological polar surface area (TPSA) is 26.0 Å². The fourth-order valence-corrected chi connectivity index (χ4v) is 0.618. The highest BCUT2D eigenvalue weighted by atomic mass is 14.7. The number of rotatable bonds is 1. The third-order valence-corrected chi connectivity index (χ3v) is 1.21. The van der Waals surface area contributed by atoms with Crippen LogP contribution in [0.3, 0.4) is 0 Å². The van der Waals surface area contributed by atoms with Crippen molar-refractivity contribution in [2.75, 3.05) is 0 Å². The van der Waals surface area contributed by atoms with Gasteiger partial charge in [0.05, 0.1) is 2.74 Å². The van der Waals surface area contributed by atoms with E-state index in [1.54, 1.807) is 0 Å². The van der Waals surface area contributed by atoms with Crippen LogP contribution in [0.4, 0.5) is 0 Å². The minimum atomic E-state index is -2.88. The summed E-state index contributed by atoms with van der Waals surface area (Å²) in [6.07, 6.45) is -5.62. The van der Waals surface area contributed by atoms with Gasteiger partial charge in [-0.25, -0.2) is 0 Å². The first-order valence-corrected chi connectivity index (χ1v) is 2.72. The van der Waals surface area contributed by atoms with Crippen LogP contribution >= 0.6 is 0 Å². The van der Waals surface area contributed by atoms with Gasteiger partial charge in [-0.3, -0.25) is 0 Å². The van der Waals surface area contributed by atoms with E-state index in [-0.39, 0.29) is 11.3 Å². The molecule has 1 aliphatic rings. The zero-order valence-corrected chi connectivity index (χ0v) is 5.45. The lowest BCUT2D eigenvalue weighted by atomic mass is 9.87. The fourth-order valence-electron chi connectivity index (χ4n) is 0.618. The maximum atomic E-state index is 8.03. The Kier molecular flexibility index (Phi) is 0.462. The Bertz CT molecular complexity index is 399. The smallest absolute Gasteiger partial charge is 0.119 e. The summed E-state index contributed by atoms with van der Waals surface area (Å²) in [5.41, 5.74) is -0.443. The Morgan fingerprint density at radius 2 is 3.00 bits per heavy atom. The molecule has 0 spiro atoms. The molecule has 2 N–H and O–H groups in total. The van der Waals surface area contributed by atoms with Gasteiger partial charge in [-0.2, -0.15) is 0 Å². The van der Waals surface area contributed by atoms with Crippen molar-refractivity contribution in [3.8, 4) is 0 Å². The second kappa shape index (κ2) is 2.53. The van der Waals surface area contributed by atoms with Gasteiger partial charge >= 0.3 is 0 Å². The van der Waals surface area contributed by atoms with Crippen molar-refractivity contribution in [2.45, 2.75) is 32.6 Å². The molecule has 52 valence electrons. The molecule has 0 aromatic carbocycles. The maximum absolute atomic E-state index is 8.03. The van der Waals surface area contributed by atoms with Crippen molar-refractivity contribution >= 4 is 0 Å². The summed E-state index contributed by atoms with van der Waals surface area (Å²) in [6, 6.07) is -3.23. The van der Waals surface area contributed by atoms with Crippen LogP contribution in [0.25, 0.3) is 0 Å². The van der Waals surface area contributed by atoms with Crippen LogP contribution in [0.1, 0.15) is 36.2 Å². The van der Waals surface area contributed by atoms with E-state index in [0.717, 1.165) is 6.92 Å². The lowest BCUT2D eigenvalue weighted by molar-refractivity contribution is 0.448. The first-order valence-electron chi connectivity index (χ1n) is 7.12. The molecule has 0 bridgehead atoms. The molecule has 0 saturated heterocycles. The molecule has 0 aromatic rings. The molecule has 9 heavy (non-hydrogen) atoms. The van der Waals surface area contributed by atoms with Crippen LogP contribution in [0, 0.1) is 5.89 Å². The maximum Gasteiger partial charge on any atom is 0.119 e.